The van der Waals surface area contributed by atoms with E-state index in [1.807, 2.05) is 0 Å². The van der Waals surface area contributed by atoms with E-state index in [0.29, 0.717) is 11.5 Å². The summed E-state index contributed by atoms with van der Waals surface area (Å²) in [5.74, 6) is 1.48. The summed E-state index contributed by atoms with van der Waals surface area (Å²) in [7, 11) is 2.25. The van der Waals surface area contributed by atoms with E-state index in [1.165, 1.54) is 19.3 Å². The molecule has 1 N–H and O–H groups in total. The fraction of sp³-hybridized carbons (Fsp3) is 1.00. The molecule has 0 bridgehead atoms. The van der Waals surface area contributed by atoms with Crippen LogP contribution in [0.4, 0.5) is 0 Å². The average Bonchev–Trinajstić information content (AvgIpc) is 2.35. The van der Waals surface area contributed by atoms with Gasteiger partial charge in [-0.25, -0.2) is 0 Å². The Hall–Kier alpha value is -0.0800. The highest BCUT2D eigenvalue weighted by atomic mass is 16.3. The first-order valence-corrected chi connectivity index (χ1v) is 8.16. The minimum Gasteiger partial charge on any atom is -0.393 e. The molecule has 1 fully saturated rings. The monoisotopic (exact) mass is 269 g/mol. The van der Waals surface area contributed by atoms with Crippen LogP contribution in [0.1, 0.15) is 66.7 Å². The van der Waals surface area contributed by atoms with Crippen LogP contribution in [0.15, 0.2) is 0 Å². The van der Waals surface area contributed by atoms with Crippen LogP contribution in [0.2, 0.25) is 0 Å². The van der Waals surface area contributed by atoms with Crippen LogP contribution in [-0.2, 0) is 0 Å². The SMILES string of the molecule is CCC(C)(C)C1CCC(O)CC1N(C)CCC(C)C. The second-order valence-electron chi connectivity index (χ2n) is 7.65. The van der Waals surface area contributed by atoms with E-state index in [4.69, 9.17) is 0 Å². The molecule has 0 aromatic heterocycles. The van der Waals surface area contributed by atoms with E-state index in [-0.39, 0.29) is 6.10 Å². The molecule has 0 aliphatic heterocycles. The molecule has 19 heavy (non-hydrogen) atoms. The minimum absolute atomic E-state index is 0.0876. The van der Waals surface area contributed by atoms with Crippen LogP contribution >= 0.6 is 0 Å². The molecule has 0 aromatic rings. The van der Waals surface area contributed by atoms with Gasteiger partial charge in [-0.15, -0.1) is 0 Å². The average molecular weight is 269 g/mol. The zero-order chi connectivity index (χ0) is 14.6. The summed E-state index contributed by atoms with van der Waals surface area (Å²) >= 11 is 0. The molecular formula is C17H35NO. The van der Waals surface area contributed by atoms with E-state index in [1.54, 1.807) is 0 Å². The molecule has 1 aliphatic carbocycles. The zero-order valence-corrected chi connectivity index (χ0v) is 13.9. The number of hydrogen-bond acceptors (Lipinski definition) is 2. The number of aliphatic hydroxyl groups excluding tert-OH is 1. The van der Waals surface area contributed by atoms with Gasteiger partial charge in [-0.05, 0) is 56.5 Å². The van der Waals surface area contributed by atoms with Crippen molar-refractivity contribution in [2.24, 2.45) is 17.3 Å². The van der Waals surface area contributed by atoms with Crippen LogP contribution in [0.5, 0.6) is 0 Å². The molecule has 2 heteroatoms. The van der Waals surface area contributed by atoms with Crippen molar-refractivity contribution in [2.75, 3.05) is 13.6 Å². The summed E-state index contributed by atoms with van der Waals surface area (Å²) in [4.78, 5) is 2.52. The molecule has 0 heterocycles. The summed E-state index contributed by atoms with van der Waals surface area (Å²) in [6.45, 7) is 12.8. The fourth-order valence-corrected chi connectivity index (χ4v) is 3.41. The maximum absolute atomic E-state index is 10.0. The van der Waals surface area contributed by atoms with Gasteiger partial charge >= 0.3 is 0 Å². The Morgan fingerprint density at radius 1 is 1.26 bits per heavy atom. The summed E-state index contributed by atoms with van der Waals surface area (Å²) in [5.41, 5.74) is 0.386. The molecule has 3 unspecified atom stereocenters. The molecule has 3 atom stereocenters. The van der Waals surface area contributed by atoms with Crippen molar-refractivity contribution in [3.8, 4) is 0 Å². The molecular weight excluding hydrogens is 234 g/mol. The van der Waals surface area contributed by atoms with Gasteiger partial charge in [-0.3, -0.25) is 0 Å². The third-order valence-corrected chi connectivity index (χ3v) is 5.33. The first-order chi connectivity index (χ1) is 8.77. The quantitative estimate of drug-likeness (QED) is 0.790. The Morgan fingerprint density at radius 2 is 1.89 bits per heavy atom. The summed E-state index contributed by atoms with van der Waals surface area (Å²) < 4.78 is 0. The number of hydrogen-bond donors (Lipinski definition) is 1. The maximum Gasteiger partial charge on any atom is 0.0555 e. The topological polar surface area (TPSA) is 23.5 Å². The summed E-state index contributed by atoms with van der Waals surface area (Å²) in [6.07, 6.45) is 5.52. The molecule has 0 saturated heterocycles. The molecule has 0 radical (unpaired) electrons. The molecule has 0 amide bonds. The highest BCUT2D eigenvalue weighted by Crippen LogP contribution is 2.42. The van der Waals surface area contributed by atoms with E-state index >= 15 is 0 Å². The lowest BCUT2D eigenvalue weighted by Crippen LogP contribution is -2.49. The van der Waals surface area contributed by atoms with E-state index in [9.17, 15) is 5.11 Å². The predicted octanol–water partition coefficient (Wildman–Crippen LogP) is 3.93. The molecule has 0 aromatic carbocycles. The van der Waals surface area contributed by atoms with Crippen molar-refractivity contribution in [3.05, 3.63) is 0 Å². The van der Waals surface area contributed by atoms with Crippen molar-refractivity contribution < 1.29 is 5.11 Å². The second-order valence-corrected chi connectivity index (χ2v) is 7.65. The molecule has 1 rings (SSSR count). The van der Waals surface area contributed by atoms with Gasteiger partial charge in [0.25, 0.3) is 0 Å². The van der Waals surface area contributed by atoms with E-state index < -0.39 is 0 Å². The lowest BCUT2D eigenvalue weighted by molar-refractivity contribution is -0.0102. The smallest absolute Gasteiger partial charge is 0.0555 e. The number of aliphatic hydroxyl groups is 1. The second kappa shape index (κ2) is 7.08. The normalized spacial score (nSPS) is 29.2. The van der Waals surface area contributed by atoms with Gasteiger partial charge in [-0.2, -0.15) is 0 Å². The van der Waals surface area contributed by atoms with Gasteiger partial charge in [0.1, 0.15) is 0 Å². The van der Waals surface area contributed by atoms with Crippen LogP contribution in [-0.4, -0.2) is 35.7 Å². The molecule has 1 saturated carbocycles. The largest absolute Gasteiger partial charge is 0.393 e. The van der Waals surface area contributed by atoms with Crippen LogP contribution in [0, 0.1) is 17.3 Å². The van der Waals surface area contributed by atoms with Crippen LogP contribution in [0.3, 0.4) is 0 Å². The molecule has 114 valence electrons. The van der Waals surface area contributed by atoms with Crippen molar-refractivity contribution in [2.45, 2.75) is 78.9 Å². The zero-order valence-electron chi connectivity index (χ0n) is 13.9. The van der Waals surface area contributed by atoms with Crippen LogP contribution < -0.4 is 0 Å². The maximum atomic E-state index is 10.0. The van der Waals surface area contributed by atoms with Crippen molar-refractivity contribution >= 4 is 0 Å². The van der Waals surface area contributed by atoms with E-state index in [2.05, 4.69) is 46.6 Å². The standard InChI is InChI=1S/C17H35NO/c1-7-17(4,5)15-9-8-14(19)12-16(15)18(6)11-10-13(2)3/h13-16,19H,7-12H2,1-6H3. The Morgan fingerprint density at radius 3 is 2.42 bits per heavy atom. The fourth-order valence-electron chi connectivity index (χ4n) is 3.41. The highest BCUT2D eigenvalue weighted by molar-refractivity contribution is 4.92. The number of nitrogens with zero attached hydrogens (tertiary/aromatic N) is 1. The van der Waals surface area contributed by atoms with Gasteiger partial charge in [-0.1, -0.05) is 41.0 Å². The molecule has 2 nitrogen and oxygen atoms in total. The van der Waals surface area contributed by atoms with Crippen molar-refractivity contribution in [1.29, 1.82) is 0 Å². The van der Waals surface area contributed by atoms with Gasteiger partial charge in [0.2, 0.25) is 0 Å². The Bertz CT molecular complexity index is 262. The minimum atomic E-state index is -0.0876. The lowest BCUT2D eigenvalue weighted by atomic mass is 9.66. The van der Waals surface area contributed by atoms with Gasteiger partial charge in [0, 0.05) is 6.04 Å². The first-order valence-electron chi connectivity index (χ1n) is 8.16. The van der Waals surface area contributed by atoms with Crippen molar-refractivity contribution in [1.82, 2.24) is 4.90 Å². The molecule has 1 aliphatic rings. The number of rotatable bonds is 6. The van der Waals surface area contributed by atoms with E-state index in [0.717, 1.165) is 31.2 Å². The third-order valence-electron chi connectivity index (χ3n) is 5.33. The van der Waals surface area contributed by atoms with Gasteiger partial charge in [0.15, 0.2) is 0 Å². The van der Waals surface area contributed by atoms with Crippen LogP contribution in [0.25, 0.3) is 0 Å². The van der Waals surface area contributed by atoms with Gasteiger partial charge in [0.05, 0.1) is 6.10 Å². The Balaban J connectivity index is 2.72. The third kappa shape index (κ3) is 4.75. The van der Waals surface area contributed by atoms with Gasteiger partial charge < -0.3 is 10.0 Å². The predicted molar refractivity (Wildman–Crippen MR) is 83.3 cm³/mol. The van der Waals surface area contributed by atoms with Crippen molar-refractivity contribution in [3.63, 3.8) is 0 Å². The summed E-state index contributed by atoms with van der Waals surface area (Å²) in [5, 5.41) is 10.0. The Labute approximate surface area is 120 Å². The molecule has 0 spiro atoms. The summed E-state index contributed by atoms with van der Waals surface area (Å²) in [6, 6.07) is 0.553. The first kappa shape index (κ1) is 17.0. The Kier molecular flexibility index (Phi) is 6.32. The lowest BCUT2D eigenvalue weighted by Gasteiger charge is -2.47. The highest BCUT2D eigenvalue weighted by Gasteiger charge is 2.40.